The Labute approximate surface area is 116 Å². The molecule has 0 fully saturated rings. The minimum atomic E-state index is 0.113. The van der Waals surface area contributed by atoms with Gasteiger partial charge >= 0.3 is 0 Å². The molecule has 0 radical (unpaired) electrons. The number of ether oxygens (including phenoxy) is 3. The molecule has 0 aliphatic heterocycles. The first kappa shape index (κ1) is 16.0. The Balaban J connectivity index is 2.15. The molecule has 1 aromatic rings. The number of nitrogens with one attached hydrogen (secondary N) is 1. The number of benzene rings is 1. The quantitative estimate of drug-likeness (QED) is 0.660. The van der Waals surface area contributed by atoms with Crippen molar-refractivity contribution in [2.75, 3.05) is 33.5 Å². The predicted molar refractivity (Wildman–Crippen MR) is 76.6 cm³/mol. The largest absolute Gasteiger partial charge is 0.491 e. The summed E-state index contributed by atoms with van der Waals surface area (Å²) in [6.07, 6.45) is 0.113. The Morgan fingerprint density at radius 3 is 2.53 bits per heavy atom. The van der Waals surface area contributed by atoms with Crippen LogP contribution in [0.5, 0.6) is 5.75 Å². The van der Waals surface area contributed by atoms with E-state index in [4.69, 9.17) is 14.2 Å². The van der Waals surface area contributed by atoms with Crippen molar-refractivity contribution in [2.24, 2.45) is 0 Å². The van der Waals surface area contributed by atoms with Crippen LogP contribution in [0.25, 0.3) is 0 Å². The predicted octanol–water partition coefficient (Wildman–Crippen LogP) is 2.23. The highest BCUT2D eigenvalue weighted by Crippen LogP contribution is 2.11. The van der Waals surface area contributed by atoms with Crippen LogP contribution < -0.4 is 10.1 Å². The van der Waals surface area contributed by atoms with Crippen LogP contribution in [0.3, 0.4) is 0 Å². The first-order valence-corrected chi connectivity index (χ1v) is 6.82. The normalized spacial score (nSPS) is 12.4. The van der Waals surface area contributed by atoms with Crippen LogP contribution in [0.4, 0.5) is 0 Å². The molecule has 108 valence electrons. The van der Waals surface area contributed by atoms with Crippen molar-refractivity contribution < 1.29 is 14.2 Å². The van der Waals surface area contributed by atoms with Gasteiger partial charge in [0.1, 0.15) is 12.4 Å². The molecule has 4 nitrogen and oxygen atoms in total. The minimum absolute atomic E-state index is 0.113. The summed E-state index contributed by atoms with van der Waals surface area (Å²) in [5.41, 5.74) is 1.25. The summed E-state index contributed by atoms with van der Waals surface area (Å²) in [6.45, 7) is 7.35. The Morgan fingerprint density at radius 1 is 1.16 bits per heavy atom. The summed E-state index contributed by atoms with van der Waals surface area (Å²) in [5, 5.41) is 3.11. The fraction of sp³-hybridized carbons (Fsp3) is 0.600. The van der Waals surface area contributed by atoms with Crippen LogP contribution in [0.15, 0.2) is 24.3 Å². The molecule has 0 heterocycles. The molecule has 0 saturated carbocycles. The van der Waals surface area contributed by atoms with Gasteiger partial charge in [-0.15, -0.1) is 0 Å². The second-order valence-electron chi connectivity index (χ2n) is 4.36. The molecule has 1 N–H and O–H groups in total. The maximum atomic E-state index is 5.61. The molecule has 0 amide bonds. The van der Waals surface area contributed by atoms with E-state index in [0.717, 1.165) is 18.9 Å². The van der Waals surface area contributed by atoms with E-state index >= 15 is 0 Å². The number of hydrogen-bond donors (Lipinski definition) is 1. The Morgan fingerprint density at radius 2 is 1.89 bits per heavy atom. The van der Waals surface area contributed by atoms with Crippen molar-refractivity contribution in [1.82, 2.24) is 5.32 Å². The fourth-order valence-electron chi connectivity index (χ4n) is 1.65. The van der Waals surface area contributed by atoms with Crippen molar-refractivity contribution in [3.05, 3.63) is 29.8 Å². The molecule has 4 heteroatoms. The highest BCUT2D eigenvalue weighted by molar-refractivity contribution is 5.27. The molecule has 1 unspecified atom stereocenters. The first-order chi connectivity index (χ1) is 9.26. The summed E-state index contributed by atoms with van der Waals surface area (Å²) >= 11 is 0. The Bertz CT molecular complexity index is 327. The molecule has 0 saturated heterocycles. The summed E-state index contributed by atoms with van der Waals surface area (Å²) in [7, 11) is 1.94. The van der Waals surface area contributed by atoms with E-state index in [1.54, 1.807) is 0 Å². The smallest absolute Gasteiger partial charge is 0.119 e. The standard InChI is InChI=1S/C15H25NO3/c1-4-17-12-13(2)18-9-10-19-15-7-5-14(6-8-15)11-16-3/h5-8,13,16H,4,9-12H2,1-3H3. The van der Waals surface area contributed by atoms with Crippen LogP contribution >= 0.6 is 0 Å². The average Bonchev–Trinajstić information content (AvgIpc) is 2.43. The van der Waals surface area contributed by atoms with Crippen molar-refractivity contribution >= 4 is 0 Å². The van der Waals surface area contributed by atoms with E-state index in [9.17, 15) is 0 Å². The Kier molecular flexibility index (Phi) is 8.21. The molecule has 1 atom stereocenters. The molecule has 1 aromatic carbocycles. The van der Waals surface area contributed by atoms with E-state index in [0.29, 0.717) is 19.8 Å². The van der Waals surface area contributed by atoms with Crippen molar-refractivity contribution in [2.45, 2.75) is 26.5 Å². The van der Waals surface area contributed by atoms with Crippen LogP contribution in [-0.2, 0) is 16.0 Å². The van der Waals surface area contributed by atoms with Crippen LogP contribution in [0, 0.1) is 0 Å². The van der Waals surface area contributed by atoms with Gasteiger partial charge in [-0.05, 0) is 38.6 Å². The van der Waals surface area contributed by atoms with Gasteiger partial charge in [0.2, 0.25) is 0 Å². The lowest BCUT2D eigenvalue weighted by Crippen LogP contribution is -2.19. The summed E-state index contributed by atoms with van der Waals surface area (Å²) in [6, 6.07) is 8.08. The lowest BCUT2D eigenvalue weighted by atomic mass is 10.2. The molecular weight excluding hydrogens is 242 g/mol. The molecule has 0 aliphatic rings. The molecule has 0 spiro atoms. The van der Waals surface area contributed by atoms with Crippen molar-refractivity contribution in [3.8, 4) is 5.75 Å². The lowest BCUT2D eigenvalue weighted by Gasteiger charge is -2.13. The van der Waals surface area contributed by atoms with Crippen LogP contribution in [0.1, 0.15) is 19.4 Å². The fourth-order valence-corrected chi connectivity index (χ4v) is 1.65. The SMILES string of the molecule is CCOCC(C)OCCOc1ccc(CNC)cc1. The van der Waals surface area contributed by atoms with E-state index in [-0.39, 0.29) is 6.10 Å². The third-order valence-corrected chi connectivity index (χ3v) is 2.62. The molecule has 0 bridgehead atoms. The van der Waals surface area contributed by atoms with Gasteiger partial charge in [0.15, 0.2) is 0 Å². The third kappa shape index (κ3) is 7.15. The van der Waals surface area contributed by atoms with Gasteiger partial charge in [-0.3, -0.25) is 0 Å². The number of hydrogen-bond acceptors (Lipinski definition) is 4. The zero-order valence-corrected chi connectivity index (χ0v) is 12.1. The van der Waals surface area contributed by atoms with Crippen molar-refractivity contribution in [3.63, 3.8) is 0 Å². The third-order valence-electron chi connectivity index (χ3n) is 2.62. The minimum Gasteiger partial charge on any atom is -0.491 e. The average molecular weight is 267 g/mol. The van der Waals surface area contributed by atoms with E-state index < -0.39 is 0 Å². The summed E-state index contributed by atoms with van der Waals surface area (Å²) < 4.78 is 16.5. The van der Waals surface area contributed by atoms with Gasteiger partial charge < -0.3 is 19.5 Å². The summed E-state index contributed by atoms with van der Waals surface area (Å²) in [4.78, 5) is 0. The maximum absolute atomic E-state index is 5.61. The monoisotopic (exact) mass is 267 g/mol. The topological polar surface area (TPSA) is 39.7 Å². The summed E-state index contributed by atoms with van der Waals surface area (Å²) in [5.74, 6) is 0.876. The van der Waals surface area contributed by atoms with E-state index in [1.807, 2.05) is 33.0 Å². The highest BCUT2D eigenvalue weighted by Gasteiger charge is 2.01. The van der Waals surface area contributed by atoms with Gasteiger partial charge in [-0.25, -0.2) is 0 Å². The zero-order chi connectivity index (χ0) is 13.9. The van der Waals surface area contributed by atoms with Gasteiger partial charge in [-0.2, -0.15) is 0 Å². The lowest BCUT2D eigenvalue weighted by molar-refractivity contribution is -0.0128. The molecule has 1 rings (SSSR count). The first-order valence-electron chi connectivity index (χ1n) is 6.82. The van der Waals surface area contributed by atoms with E-state index in [1.165, 1.54) is 5.56 Å². The van der Waals surface area contributed by atoms with Gasteiger partial charge in [-0.1, -0.05) is 12.1 Å². The molecule has 0 aliphatic carbocycles. The van der Waals surface area contributed by atoms with Crippen LogP contribution in [0.2, 0.25) is 0 Å². The van der Waals surface area contributed by atoms with Crippen molar-refractivity contribution in [1.29, 1.82) is 0 Å². The molecule has 19 heavy (non-hydrogen) atoms. The van der Waals surface area contributed by atoms with Gasteiger partial charge in [0.25, 0.3) is 0 Å². The van der Waals surface area contributed by atoms with Gasteiger partial charge in [0, 0.05) is 13.2 Å². The zero-order valence-electron chi connectivity index (χ0n) is 12.1. The second-order valence-corrected chi connectivity index (χ2v) is 4.36. The van der Waals surface area contributed by atoms with Gasteiger partial charge in [0.05, 0.1) is 19.3 Å². The molecule has 0 aromatic heterocycles. The maximum Gasteiger partial charge on any atom is 0.119 e. The Hall–Kier alpha value is -1.10. The highest BCUT2D eigenvalue weighted by atomic mass is 16.5. The number of rotatable bonds is 10. The molecular formula is C15H25NO3. The second kappa shape index (κ2) is 9.78. The van der Waals surface area contributed by atoms with Crippen LogP contribution in [-0.4, -0.2) is 39.6 Å². The van der Waals surface area contributed by atoms with E-state index in [2.05, 4.69) is 17.4 Å².